The van der Waals surface area contributed by atoms with Crippen molar-refractivity contribution in [3.05, 3.63) is 65.2 Å². The van der Waals surface area contributed by atoms with Crippen molar-refractivity contribution in [2.45, 2.75) is 77.3 Å². The van der Waals surface area contributed by atoms with Crippen molar-refractivity contribution in [1.29, 1.82) is 0 Å². The topological polar surface area (TPSA) is 100 Å². The highest BCUT2D eigenvalue weighted by Crippen LogP contribution is 2.36. The number of anilines is 2. The van der Waals surface area contributed by atoms with E-state index in [1.54, 1.807) is 13.2 Å². The van der Waals surface area contributed by atoms with Gasteiger partial charge in [-0.3, -0.25) is 4.79 Å². The van der Waals surface area contributed by atoms with Gasteiger partial charge >= 0.3 is 5.97 Å². The molecule has 0 radical (unpaired) electrons. The number of nitrogens with zero attached hydrogens (tertiary/aromatic N) is 1. The molecule has 1 aliphatic heterocycles. The Morgan fingerprint density at radius 1 is 1.13 bits per heavy atom. The second-order valence-corrected chi connectivity index (χ2v) is 10.0. The number of hydrogen-bond donors (Lipinski definition) is 3. The molecule has 4 rings (SSSR count). The standard InChI is InChI=1S/C30H39N3O5/c1-5-24(6-2)38-28-17-22(30(35)36)16-26(29(28)32-19(3)34)31-18-20-7-9-23(10-8-20)33-14-13-21-15-25(37-4)11-12-27(21)33/h7-12,15,17,24,26,28-29,31H,5-6,13-14,16,18H2,1-4H3,(H,32,34)(H,35,36)/t26-,28+,29+/m0/s1. The van der Waals surface area contributed by atoms with Crippen LogP contribution in [0.15, 0.2) is 54.1 Å². The number of carbonyl (C=O) groups is 2. The number of carbonyl (C=O) groups excluding carboxylic acids is 1. The van der Waals surface area contributed by atoms with Gasteiger partial charge in [0.2, 0.25) is 5.91 Å². The molecule has 2 aromatic rings. The van der Waals surface area contributed by atoms with E-state index in [0.29, 0.717) is 18.5 Å². The summed E-state index contributed by atoms with van der Waals surface area (Å²) in [7, 11) is 1.69. The first-order valence-corrected chi connectivity index (χ1v) is 13.5. The van der Waals surface area contributed by atoms with Crippen molar-refractivity contribution in [2.24, 2.45) is 0 Å². The number of fused-ring (bicyclic) bond motifs is 1. The third kappa shape index (κ3) is 6.37. The first-order valence-electron chi connectivity index (χ1n) is 13.5. The number of methoxy groups -OCH3 is 1. The molecule has 0 unspecified atom stereocenters. The monoisotopic (exact) mass is 521 g/mol. The molecular weight excluding hydrogens is 482 g/mol. The van der Waals surface area contributed by atoms with Gasteiger partial charge < -0.3 is 30.1 Å². The van der Waals surface area contributed by atoms with E-state index in [4.69, 9.17) is 9.47 Å². The average Bonchev–Trinajstić information content (AvgIpc) is 3.34. The van der Waals surface area contributed by atoms with Crippen LogP contribution in [0.5, 0.6) is 5.75 Å². The second-order valence-electron chi connectivity index (χ2n) is 10.0. The van der Waals surface area contributed by atoms with Gasteiger partial charge in [-0.2, -0.15) is 0 Å². The minimum absolute atomic E-state index is 0.00866. The van der Waals surface area contributed by atoms with Gasteiger partial charge in [-0.05, 0) is 73.2 Å². The lowest BCUT2D eigenvalue weighted by atomic mass is 9.87. The summed E-state index contributed by atoms with van der Waals surface area (Å²) >= 11 is 0. The molecule has 8 nitrogen and oxygen atoms in total. The summed E-state index contributed by atoms with van der Waals surface area (Å²) < 4.78 is 11.6. The molecule has 0 bridgehead atoms. The predicted octanol–water partition coefficient (Wildman–Crippen LogP) is 4.34. The summed E-state index contributed by atoms with van der Waals surface area (Å²) in [6.45, 7) is 7.03. The van der Waals surface area contributed by atoms with E-state index in [0.717, 1.165) is 42.8 Å². The number of amides is 1. The van der Waals surface area contributed by atoms with Crippen LogP contribution < -0.4 is 20.3 Å². The lowest BCUT2D eigenvalue weighted by molar-refractivity contribution is -0.133. The van der Waals surface area contributed by atoms with Gasteiger partial charge in [0.25, 0.3) is 0 Å². The van der Waals surface area contributed by atoms with Gasteiger partial charge in [-0.1, -0.05) is 26.0 Å². The van der Waals surface area contributed by atoms with E-state index < -0.39 is 12.1 Å². The van der Waals surface area contributed by atoms with Gasteiger partial charge in [0.1, 0.15) is 5.75 Å². The average molecular weight is 522 g/mol. The number of carboxylic acids is 1. The van der Waals surface area contributed by atoms with Crippen LogP contribution in [0, 0.1) is 0 Å². The summed E-state index contributed by atoms with van der Waals surface area (Å²) in [5.74, 6) is -0.246. The fourth-order valence-corrected chi connectivity index (χ4v) is 5.38. The van der Waals surface area contributed by atoms with E-state index >= 15 is 0 Å². The number of ether oxygens (including phenoxy) is 2. The van der Waals surface area contributed by atoms with Gasteiger partial charge in [-0.25, -0.2) is 4.79 Å². The third-order valence-electron chi connectivity index (χ3n) is 7.50. The van der Waals surface area contributed by atoms with Crippen molar-refractivity contribution >= 4 is 23.3 Å². The predicted molar refractivity (Wildman–Crippen MR) is 148 cm³/mol. The molecule has 1 heterocycles. The SMILES string of the molecule is CCC(CC)O[C@@H]1C=C(C(=O)O)C[C@H](NCc2ccc(N3CCc4cc(OC)ccc43)cc2)[C@H]1NC(C)=O. The van der Waals surface area contributed by atoms with E-state index in [-0.39, 0.29) is 24.1 Å². The Bertz CT molecular complexity index is 1160. The molecular formula is C30H39N3O5. The van der Waals surface area contributed by atoms with Crippen molar-refractivity contribution in [2.75, 3.05) is 18.6 Å². The van der Waals surface area contributed by atoms with Crippen LogP contribution in [0.25, 0.3) is 0 Å². The van der Waals surface area contributed by atoms with Gasteiger partial charge in [-0.15, -0.1) is 0 Å². The molecule has 0 aromatic heterocycles. The van der Waals surface area contributed by atoms with Crippen LogP contribution in [0.3, 0.4) is 0 Å². The number of nitrogens with one attached hydrogen (secondary N) is 2. The maximum absolute atomic E-state index is 12.1. The summed E-state index contributed by atoms with van der Waals surface area (Å²) in [6.07, 6.45) is 4.04. The van der Waals surface area contributed by atoms with E-state index in [1.165, 1.54) is 18.2 Å². The van der Waals surface area contributed by atoms with Crippen molar-refractivity contribution in [3.8, 4) is 5.75 Å². The summed E-state index contributed by atoms with van der Waals surface area (Å²) in [4.78, 5) is 26.3. The van der Waals surface area contributed by atoms with Gasteiger partial charge in [0.05, 0.1) is 25.4 Å². The Hall–Kier alpha value is -3.36. The fourth-order valence-electron chi connectivity index (χ4n) is 5.38. The molecule has 2 aromatic carbocycles. The molecule has 38 heavy (non-hydrogen) atoms. The molecule has 204 valence electrons. The lowest BCUT2D eigenvalue weighted by Gasteiger charge is -2.38. The highest BCUT2D eigenvalue weighted by molar-refractivity contribution is 5.87. The lowest BCUT2D eigenvalue weighted by Crippen LogP contribution is -2.58. The van der Waals surface area contributed by atoms with E-state index in [9.17, 15) is 14.7 Å². The molecule has 0 spiro atoms. The first kappa shape index (κ1) is 27.7. The molecule has 1 aliphatic carbocycles. The molecule has 3 N–H and O–H groups in total. The Morgan fingerprint density at radius 3 is 2.50 bits per heavy atom. The Balaban J connectivity index is 1.47. The third-order valence-corrected chi connectivity index (χ3v) is 7.50. The number of rotatable bonds is 11. The fraction of sp³-hybridized carbons (Fsp3) is 0.467. The van der Waals surface area contributed by atoms with Crippen LogP contribution >= 0.6 is 0 Å². The molecule has 3 atom stereocenters. The van der Waals surface area contributed by atoms with Crippen molar-refractivity contribution < 1.29 is 24.2 Å². The zero-order chi connectivity index (χ0) is 27.2. The normalized spacial score (nSPS) is 20.7. The van der Waals surface area contributed by atoms with Crippen LogP contribution in [0.1, 0.15) is 51.2 Å². The first-order chi connectivity index (χ1) is 18.3. The quantitative estimate of drug-likeness (QED) is 0.404. The Morgan fingerprint density at radius 2 is 1.87 bits per heavy atom. The largest absolute Gasteiger partial charge is 0.497 e. The Kier molecular flexibility index (Phi) is 9.07. The smallest absolute Gasteiger partial charge is 0.331 e. The molecule has 0 saturated carbocycles. The molecule has 1 amide bonds. The van der Waals surface area contributed by atoms with Gasteiger partial charge in [0.15, 0.2) is 0 Å². The number of benzene rings is 2. The zero-order valence-electron chi connectivity index (χ0n) is 22.7. The number of carboxylic acid groups (broad SMARTS) is 1. The van der Waals surface area contributed by atoms with Crippen LogP contribution in [-0.2, 0) is 27.3 Å². The Labute approximate surface area is 225 Å². The summed E-state index contributed by atoms with van der Waals surface area (Å²) in [6, 6.07) is 14.0. The number of hydrogen-bond acceptors (Lipinski definition) is 6. The van der Waals surface area contributed by atoms with Crippen molar-refractivity contribution in [1.82, 2.24) is 10.6 Å². The highest BCUT2D eigenvalue weighted by Gasteiger charge is 2.37. The summed E-state index contributed by atoms with van der Waals surface area (Å²) in [5.41, 5.74) is 4.99. The number of aliphatic carboxylic acids is 1. The minimum Gasteiger partial charge on any atom is -0.497 e. The van der Waals surface area contributed by atoms with E-state index in [1.807, 2.05) is 19.9 Å². The van der Waals surface area contributed by atoms with Crippen LogP contribution in [0.2, 0.25) is 0 Å². The molecule has 2 aliphatic rings. The van der Waals surface area contributed by atoms with Crippen LogP contribution in [-0.4, -0.2) is 54.9 Å². The zero-order valence-corrected chi connectivity index (χ0v) is 22.7. The molecule has 0 saturated heterocycles. The van der Waals surface area contributed by atoms with Gasteiger partial charge in [0, 0.05) is 43.0 Å². The minimum atomic E-state index is -0.955. The highest BCUT2D eigenvalue weighted by atomic mass is 16.5. The second kappa shape index (κ2) is 12.5. The summed E-state index contributed by atoms with van der Waals surface area (Å²) in [5, 5.41) is 16.3. The molecule has 8 heteroatoms. The molecule has 0 fully saturated rings. The van der Waals surface area contributed by atoms with E-state index in [2.05, 4.69) is 51.9 Å². The van der Waals surface area contributed by atoms with Crippen molar-refractivity contribution in [3.63, 3.8) is 0 Å². The maximum Gasteiger partial charge on any atom is 0.331 e. The maximum atomic E-state index is 12.1. The van der Waals surface area contributed by atoms with Crippen LogP contribution in [0.4, 0.5) is 11.4 Å².